The lowest BCUT2D eigenvalue weighted by Gasteiger charge is -2.37. The molecule has 100 valence electrons. The van der Waals surface area contributed by atoms with Crippen molar-refractivity contribution in [2.75, 3.05) is 13.1 Å². The van der Waals surface area contributed by atoms with Gasteiger partial charge in [-0.05, 0) is 50.9 Å². The van der Waals surface area contributed by atoms with Crippen LogP contribution in [0.1, 0.15) is 53.4 Å². The summed E-state index contributed by atoms with van der Waals surface area (Å²) in [6.45, 7) is 9.95. The second kappa shape index (κ2) is 5.85. The molecule has 3 nitrogen and oxygen atoms in total. The average Bonchev–Trinajstić information content (AvgIpc) is 2.19. The predicted octanol–water partition coefficient (Wildman–Crippen LogP) is 3.00. The van der Waals surface area contributed by atoms with Crippen LogP contribution >= 0.6 is 0 Å². The van der Waals surface area contributed by atoms with Crippen molar-refractivity contribution in [3.8, 4) is 0 Å². The number of aliphatic carboxylic acids is 1. The van der Waals surface area contributed by atoms with Gasteiger partial charge in [-0.1, -0.05) is 13.8 Å². The minimum Gasteiger partial charge on any atom is -0.480 e. The molecule has 3 heteroatoms. The number of rotatable bonds is 5. The Hall–Kier alpha value is -0.570. The van der Waals surface area contributed by atoms with Crippen molar-refractivity contribution < 1.29 is 9.90 Å². The molecule has 0 aromatic heterocycles. The van der Waals surface area contributed by atoms with E-state index in [1.807, 2.05) is 0 Å². The Labute approximate surface area is 105 Å². The van der Waals surface area contributed by atoms with Crippen LogP contribution < -0.4 is 0 Å². The van der Waals surface area contributed by atoms with E-state index in [-0.39, 0.29) is 6.54 Å². The van der Waals surface area contributed by atoms with Crippen LogP contribution in [0.3, 0.4) is 0 Å². The molecular weight excluding hydrogens is 214 g/mol. The van der Waals surface area contributed by atoms with E-state index in [0.717, 1.165) is 6.54 Å². The first kappa shape index (κ1) is 14.5. The van der Waals surface area contributed by atoms with E-state index in [1.165, 1.54) is 25.7 Å². The van der Waals surface area contributed by atoms with Crippen LogP contribution in [0.25, 0.3) is 0 Å². The quantitative estimate of drug-likeness (QED) is 0.804. The Balaban J connectivity index is 2.43. The molecule has 0 spiro atoms. The highest BCUT2D eigenvalue weighted by atomic mass is 16.4. The molecule has 0 saturated heterocycles. The summed E-state index contributed by atoms with van der Waals surface area (Å²) in [5.41, 5.74) is 0.492. The van der Waals surface area contributed by atoms with Crippen LogP contribution in [0.4, 0.5) is 0 Å². The Morgan fingerprint density at radius 2 is 1.88 bits per heavy atom. The van der Waals surface area contributed by atoms with E-state index >= 15 is 0 Å². The summed E-state index contributed by atoms with van der Waals surface area (Å²) in [6, 6.07) is 0.320. The lowest BCUT2D eigenvalue weighted by molar-refractivity contribution is -0.139. The summed E-state index contributed by atoms with van der Waals surface area (Å²) in [5.74, 6) is -0.0281. The van der Waals surface area contributed by atoms with Gasteiger partial charge < -0.3 is 5.11 Å². The molecule has 0 aliphatic heterocycles. The fraction of sp³-hybridized carbons (Fsp3) is 0.929. The first-order valence-electron chi connectivity index (χ1n) is 6.76. The lowest BCUT2D eigenvalue weighted by Crippen LogP contribution is -2.40. The van der Waals surface area contributed by atoms with Crippen molar-refractivity contribution in [2.45, 2.75) is 59.4 Å². The van der Waals surface area contributed by atoms with Crippen LogP contribution in [-0.4, -0.2) is 35.1 Å². The van der Waals surface area contributed by atoms with Crippen LogP contribution in [0.2, 0.25) is 0 Å². The third kappa shape index (κ3) is 5.07. The predicted molar refractivity (Wildman–Crippen MR) is 70.1 cm³/mol. The third-order valence-corrected chi connectivity index (χ3v) is 4.02. The summed E-state index contributed by atoms with van der Waals surface area (Å²) in [7, 11) is 0. The number of hydrogen-bond acceptors (Lipinski definition) is 2. The monoisotopic (exact) mass is 241 g/mol. The van der Waals surface area contributed by atoms with Crippen LogP contribution in [-0.2, 0) is 4.79 Å². The van der Waals surface area contributed by atoms with Gasteiger partial charge in [0.25, 0.3) is 0 Å². The highest BCUT2D eigenvalue weighted by molar-refractivity contribution is 5.69. The first-order valence-corrected chi connectivity index (χ1v) is 6.76. The maximum Gasteiger partial charge on any atom is 0.317 e. The molecule has 1 saturated carbocycles. The molecule has 0 radical (unpaired) electrons. The molecular formula is C14H27NO2. The van der Waals surface area contributed by atoms with Crippen LogP contribution in [0.5, 0.6) is 0 Å². The molecule has 0 unspecified atom stereocenters. The molecule has 1 N–H and O–H groups in total. The van der Waals surface area contributed by atoms with Gasteiger partial charge in [-0.25, -0.2) is 0 Å². The average molecular weight is 241 g/mol. The number of carboxylic acids is 1. The maximum atomic E-state index is 10.8. The van der Waals surface area contributed by atoms with E-state index in [4.69, 9.17) is 5.11 Å². The van der Waals surface area contributed by atoms with Gasteiger partial charge in [0, 0.05) is 12.6 Å². The lowest BCUT2D eigenvalue weighted by atomic mass is 9.73. The number of hydrogen-bond donors (Lipinski definition) is 1. The number of carbonyl (C=O) groups is 1. The summed E-state index contributed by atoms with van der Waals surface area (Å²) in [6.07, 6.45) is 5.04. The van der Waals surface area contributed by atoms with Gasteiger partial charge in [0.05, 0.1) is 6.54 Å². The van der Waals surface area contributed by atoms with Crippen LogP contribution in [0.15, 0.2) is 0 Å². The highest BCUT2D eigenvalue weighted by Crippen LogP contribution is 2.38. The smallest absolute Gasteiger partial charge is 0.317 e. The molecule has 17 heavy (non-hydrogen) atoms. The zero-order chi connectivity index (χ0) is 13.1. The SMILES string of the molecule is CC(C)N(CC(=O)O)CC1CCC(C)(C)CC1. The van der Waals surface area contributed by atoms with Crippen molar-refractivity contribution in [1.29, 1.82) is 0 Å². The van der Waals surface area contributed by atoms with Gasteiger partial charge in [-0.3, -0.25) is 9.69 Å². The Kier molecular flexibility index (Phi) is 4.99. The van der Waals surface area contributed by atoms with Crippen molar-refractivity contribution >= 4 is 5.97 Å². The molecule has 0 amide bonds. The standard InChI is InChI=1S/C14H27NO2/c1-11(2)15(10-13(16)17)9-12-5-7-14(3,4)8-6-12/h11-12H,5-10H2,1-4H3,(H,16,17). The minimum absolute atomic E-state index is 0.178. The van der Waals surface area contributed by atoms with E-state index in [1.54, 1.807) is 0 Å². The van der Waals surface area contributed by atoms with E-state index < -0.39 is 5.97 Å². The summed E-state index contributed by atoms with van der Waals surface area (Å²) < 4.78 is 0. The van der Waals surface area contributed by atoms with Crippen LogP contribution in [0, 0.1) is 11.3 Å². The van der Waals surface area contributed by atoms with Gasteiger partial charge >= 0.3 is 5.97 Å². The topological polar surface area (TPSA) is 40.5 Å². The van der Waals surface area contributed by atoms with E-state index in [2.05, 4.69) is 32.6 Å². The van der Waals surface area contributed by atoms with Crippen molar-refractivity contribution in [3.63, 3.8) is 0 Å². The molecule has 0 aromatic carbocycles. The van der Waals surface area contributed by atoms with Gasteiger partial charge in [0.15, 0.2) is 0 Å². The van der Waals surface area contributed by atoms with Gasteiger partial charge in [-0.15, -0.1) is 0 Å². The zero-order valence-corrected chi connectivity index (χ0v) is 11.7. The summed E-state index contributed by atoms with van der Waals surface area (Å²) in [4.78, 5) is 12.9. The van der Waals surface area contributed by atoms with Gasteiger partial charge in [0.2, 0.25) is 0 Å². The molecule has 0 atom stereocenters. The van der Waals surface area contributed by atoms with E-state index in [0.29, 0.717) is 17.4 Å². The van der Waals surface area contributed by atoms with Crippen molar-refractivity contribution in [2.24, 2.45) is 11.3 Å². The molecule has 1 rings (SSSR count). The fourth-order valence-electron chi connectivity index (χ4n) is 2.60. The van der Waals surface area contributed by atoms with Crippen molar-refractivity contribution in [1.82, 2.24) is 4.90 Å². The zero-order valence-electron chi connectivity index (χ0n) is 11.7. The minimum atomic E-state index is -0.713. The Bertz CT molecular complexity index is 251. The Morgan fingerprint density at radius 3 is 2.29 bits per heavy atom. The molecule has 0 bridgehead atoms. The Morgan fingerprint density at radius 1 is 1.35 bits per heavy atom. The second-order valence-electron chi connectivity index (χ2n) is 6.52. The molecule has 1 aliphatic carbocycles. The first-order chi connectivity index (χ1) is 7.80. The molecule has 1 aliphatic rings. The molecule has 0 heterocycles. The number of carboxylic acid groups (broad SMARTS) is 1. The second-order valence-corrected chi connectivity index (χ2v) is 6.52. The van der Waals surface area contributed by atoms with Crippen molar-refractivity contribution in [3.05, 3.63) is 0 Å². The normalized spacial score (nSPS) is 21.1. The largest absolute Gasteiger partial charge is 0.480 e. The third-order valence-electron chi connectivity index (χ3n) is 4.02. The molecule has 0 aromatic rings. The maximum absolute atomic E-state index is 10.8. The fourth-order valence-corrected chi connectivity index (χ4v) is 2.60. The number of nitrogens with zero attached hydrogens (tertiary/aromatic N) is 1. The van der Waals surface area contributed by atoms with E-state index in [9.17, 15) is 4.79 Å². The summed E-state index contributed by atoms with van der Waals surface area (Å²) >= 11 is 0. The van der Waals surface area contributed by atoms with Gasteiger partial charge in [0.1, 0.15) is 0 Å². The van der Waals surface area contributed by atoms with Gasteiger partial charge in [-0.2, -0.15) is 0 Å². The molecule has 1 fully saturated rings. The summed E-state index contributed by atoms with van der Waals surface area (Å²) in [5, 5.41) is 8.90. The highest BCUT2D eigenvalue weighted by Gasteiger charge is 2.28.